The summed E-state index contributed by atoms with van der Waals surface area (Å²) >= 11 is 0. The van der Waals surface area contributed by atoms with Crippen LogP contribution in [0.1, 0.15) is 22.2 Å². The molecule has 0 aromatic carbocycles. The third kappa shape index (κ3) is 3.76. The van der Waals surface area contributed by atoms with Crippen LogP contribution in [0.15, 0.2) is 12.3 Å². The van der Waals surface area contributed by atoms with Crippen LogP contribution in [0.2, 0.25) is 0 Å². The minimum atomic E-state index is 0. The Hall–Kier alpha value is -0.790. The zero-order valence-corrected chi connectivity index (χ0v) is 6.19. The van der Waals surface area contributed by atoms with Gasteiger partial charge in [0.1, 0.15) is 0 Å². The fourth-order valence-electron chi connectivity index (χ4n) is 0.355. The van der Waals surface area contributed by atoms with E-state index in [4.69, 9.17) is 0 Å². The van der Waals surface area contributed by atoms with E-state index >= 15 is 0 Å². The summed E-state index contributed by atoms with van der Waals surface area (Å²) in [6.45, 7) is 9.00. The van der Waals surface area contributed by atoms with Crippen molar-refractivity contribution in [3.63, 3.8) is 0 Å². The van der Waals surface area contributed by atoms with Gasteiger partial charge in [-0.2, -0.15) is 0 Å². The highest BCUT2D eigenvalue weighted by Gasteiger charge is 2.04. The molecule has 0 aromatic rings. The largest absolute Gasteiger partial charge is 0.330 e. The molecule has 0 atom stereocenters. The maximum absolute atomic E-state index is 10.8. The van der Waals surface area contributed by atoms with Crippen molar-refractivity contribution >= 4 is 5.91 Å². The standard InChI is InChI=1S/C7H13NO.H2/c1-5(2)7(9)8-6(3)4;/h5H,3H2,1-2,4H3,(H,8,9);1H. The van der Waals surface area contributed by atoms with E-state index in [0.717, 1.165) is 0 Å². The van der Waals surface area contributed by atoms with Crippen LogP contribution in [-0.2, 0) is 4.79 Å². The molecule has 1 N–H and O–H groups in total. The molecule has 0 radical (unpaired) electrons. The first-order chi connectivity index (χ1) is 4.04. The Bertz CT molecular complexity index is 132. The molecule has 2 heteroatoms. The predicted octanol–water partition coefficient (Wildman–Crippen LogP) is 1.54. The normalized spacial score (nSPS) is 9.33. The summed E-state index contributed by atoms with van der Waals surface area (Å²) in [5.41, 5.74) is 0.703. The van der Waals surface area contributed by atoms with E-state index in [2.05, 4.69) is 11.9 Å². The fourth-order valence-corrected chi connectivity index (χ4v) is 0.355. The van der Waals surface area contributed by atoms with Gasteiger partial charge in [0, 0.05) is 13.0 Å². The highest BCUT2D eigenvalue weighted by Crippen LogP contribution is 1.91. The van der Waals surface area contributed by atoms with Crippen molar-refractivity contribution in [3.8, 4) is 0 Å². The summed E-state index contributed by atoms with van der Waals surface area (Å²) in [6.07, 6.45) is 0. The zero-order chi connectivity index (χ0) is 7.44. The molecule has 0 aliphatic carbocycles. The van der Waals surface area contributed by atoms with Crippen LogP contribution < -0.4 is 5.32 Å². The molecule has 0 aromatic heterocycles. The SMILES string of the molecule is C=C(C)NC(=O)C(C)C.[HH]. The Morgan fingerprint density at radius 2 is 2.11 bits per heavy atom. The van der Waals surface area contributed by atoms with Crippen LogP contribution in [0.5, 0.6) is 0 Å². The first-order valence-corrected chi connectivity index (χ1v) is 3.00. The number of allylic oxidation sites excluding steroid dienone is 1. The van der Waals surface area contributed by atoms with Crippen molar-refractivity contribution in [2.75, 3.05) is 0 Å². The summed E-state index contributed by atoms with van der Waals surface area (Å²) in [5.74, 6) is 0.0733. The first-order valence-electron chi connectivity index (χ1n) is 3.00. The van der Waals surface area contributed by atoms with Crippen LogP contribution in [0.4, 0.5) is 0 Å². The molecule has 0 fully saturated rings. The number of hydrogen-bond donors (Lipinski definition) is 1. The monoisotopic (exact) mass is 129 g/mol. The molecular formula is C7H15NO. The molecule has 54 valence electrons. The van der Waals surface area contributed by atoms with Crippen LogP contribution in [0.25, 0.3) is 0 Å². The van der Waals surface area contributed by atoms with E-state index in [1.165, 1.54) is 0 Å². The molecular weight excluding hydrogens is 114 g/mol. The Balaban J connectivity index is 0. The van der Waals surface area contributed by atoms with Crippen molar-refractivity contribution in [2.45, 2.75) is 20.8 Å². The number of amides is 1. The Morgan fingerprint density at radius 3 is 2.22 bits per heavy atom. The van der Waals surface area contributed by atoms with Crippen LogP contribution in [0, 0.1) is 5.92 Å². The molecule has 1 amide bonds. The summed E-state index contributed by atoms with van der Waals surface area (Å²) in [7, 11) is 0. The lowest BCUT2D eigenvalue weighted by molar-refractivity contribution is -0.123. The molecule has 9 heavy (non-hydrogen) atoms. The van der Waals surface area contributed by atoms with Crippen molar-refractivity contribution < 1.29 is 6.22 Å². The Labute approximate surface area is 57.4 Å². The third-order valence-electron chi connectivity index (χ3n) is 0.861. The highest BCUT2D eigenvalue weighted by molar-refractivity contribution is 5.79. The molecule has 0 saturated carbocycles. The number of carbonyl (C=O) groups is 1. The van der Waals surface area contributed by atoms with Gasteiger partial charge >= 0.3 is 0 Å². The van der Waals surface area contributed by atoms with E-state index in [9.17, 15) is 4.79 Å². The third-order valence-corrected chi connectivity index (χ3v) is 0.861. The maximum Gasteiger partial charge on any atom is 0.226 e. The minimum absolute atomic E-state index is 0. The molecule has 0 saturated heterocycles. The quantitative estimate of drug-likeness (QED) is 0.602. The molecule has 0 bridgehead atoms. The summed E-state index contributed by atoms with van der Waals surface area (Å²) in [4.78, 5) is 10.8. The lowest BCUT2D eigenvalue weighted by Crippen LogP contribution is -2.25. The van der Waals surface area contributed by atoms with Gasteiger partial charge < -0.3 is 5.32 Å². The van der Waals surface area contributed by atoms with Gasteiger partial charge in [-0.3, -0.25) is 4.79 Å². The Morgan fingerprint density at radius 1 is 1.67 bits per heavy atom. The molecule has 2 nitrogen and oxygen atoms in total. The number of hydrogen-bond acceptors (Lipinski definition) is 1. The van der Waals surface area contributed by atoms with Crippen molar-refractivity contribution in [3.05, 3.63) is 12.3 Å². The minimum Gasteiger partial charge on any atom is -0.330 e. The second-order valence-corrected chi connectivity index (χ2v) is 2.42. The number of carbonyl (C=O) groups excluding carboxylic acids is 1. The van der Waals surface area contributed by atoms with Crippen molar-refractivity contribution in [1.82, 2.24) is 5.32 Å². The van der Waals surface area contributed by atoms with E-state index in [0.29, 0.717) is 5.70 Å². The second kappa shape index (κ2) is 3.28. The molecule has 0 unspecified atom stereocenters. The highest BCUT2D eigenvalue weighted by atomic mass is 16.1. The molecule has 0 heterocycles. The molecule has 0 aliphatic rings. The number of rotatable bonds is 2. The fraction of sp³-hybridized carbons (Fsp3) is 0.571. The van der Waals surface area contributed by atoms with Gasteiger partial charge in [0.2, 0.25) is 5.91 Å². The van der Waals surface area contributed by atoms with Gasteiger partial charge in [-0.1, -0.05) is 20.4 Å². The van der Waals surface area contributed by atoms with Gasteiger partial charge in [-0.15, -0.1) is 0 Å². The summed E-state index contributed by atoms with van der Waals surface area (Å²) in [5, 5.41) is 2.61. The van der Waals surface area contributed by atoms with Gasteiger partial charge in [0.15, 0.2) is 0 Å². The van der Waals surface area contributed by atoms with Crippen molar-refractivity contribution in [2.24, 2.45) is 5.92 Å². The summed E-state index contributed by atoms with van der Waals surface area (Å²) in [6, 6.07) is 0. The Kier molecular flexibility index (Phi) is 2.99. The summed E-state index contributed by atoms with van der Waals surface area (Å²) < 4.78 is 0. The first kappa shape index (κ1) is 8.21. The maximum atomic E-state index is 10.8. The average Bonchev–Trinajstić information content (AvgIpc) is 1.63. The topological polar surface area (TPSA) is 29.1 Å². The molecule has 0 spiro atoms. The second-order valence-electron chi connectivity index (χ2n) is 2.42. The zero-order valence-electron chi connectivity index (χ0n) is 6.19. The predicted molar refractivity (Wildman–Crippen MR) is 39.9 cm³/mol. The lowest BCUT2D eigenvalue weighted by Gasteiger charge is -2.04. The number of nitrogens with one attached hydrogen (secondary N) is 1. The average molecular weight is 129 g/mol. The van der Waals surface area contributed by atoms with Gasteiger partial charge in [-0.25, -0.2) is 0 Å². The van der Waals surface area contributed by atoms with E-state index in [1.54, 1.807) is 6.92 Å². The van der Waals surface area contributed by atoms with Crippen LogP contribution in [0.3, 0.4) is 0 Å². The van der Waals surface area contributed by atoms with Gasteiger partial charge in [0.05, 0.1) is 0 Å². The van der Waals surface area contributed by atoms with Crippen LogP contribution >= 0.6 is 0 Å². The smallest absolute Gasteiger partial charge is 0.226 e. The molecule has 0 rings (SSSR count). The molecule has 0 aliphatic heterocycles. The van der Waals surface area contributed by atoms with Crippen LogP contribution in [-0.4, -0.2) is 5.91 Å². The van der Waals surface area contributed by atoms with Gasteiger partial charge in [0.25, 0.3) is 0 Å². The lowest BCUT2D eigenvalue weighted by atomic mass is 10.2. The van der Waals surface area contributed by atoms with E-state index in [1.807, 2.05) is 13.8 Å². The van der Waals surface area contributed by atoms with E-state index < -0.39 is 0 Å². The van der Waals surface area contributed by atoms with E-state index in [-0.39, 0.29) is 13.3 Å². The van der Waals surface area contributed by atoms with Gasteiger partial charge in [-0.05, 0) is 6.92 Å². The van der Waals surface area contributed by atoms with Crippen molar-refractivity contribution in [1.29, 1.82) is 0 Å².